The molecule has 2 atom stereocenters. The van der Waals surface area contributed by atoms with Crippen LogP contribution in [0.5, 0.6) is 0 Å². The second-order valence-electron chi connectivity index (χ2n) is 5.23. The quantitative estimate of drug-likeness (QED) is 0.856. The molecule has 2 heterocycles. The third kappa shape index (κ3) is 3.43. The van der Waals surface area contributed by atoms with Crippen LogP contribution in [0.2, 0.25) is 0 Å². The van der Waals surface area contributed by atoms with Gasteiger partial charge in [-0.2, -0.15) is 0 Å². The van der Waals surface area contributed by atoms with Gasteiger partial charge >= 0.3 is 0 Å². The minimum absolute atomic E-state index is 0.188. The molecule has 18 heavy (non-hydrogen) atoms. The van der Waals surface area contributed by atoms with Gasteiger partial charge in [0.1, 0.15) is 5.82 Å². The van der Waals surface area contributed by atoms with Crippen molar-refractivity contribution in [2.45, 2.75) is 50.7 Å². The predicted octanol–water partition coefficient (Wildman–Crippen LogP) is 1.92. The fourth-order valence-electron chi connectivity index (χ4n) is 2.65. The van der Waals surface area contributed by atoms with Crippen LogP contribution in [0.3, 0.4) is 0 Å². The SMILES string of the molecule is CCCC1CC(O)(Cc2ccnc(N)c2)CCO1. The van der Waals surface area contributed by atoms with Gasteiger partial charge in [0.15, 0.2) is 0 Å². The summed E-state index contributed by atoms with van der Waals surface area (Å²) >= 11 is 0. The lowest BCUT2D eigenvalue weighted by atomic mass is 9.84. The number of aromatic nitrogens is 1. The average Bonchev–Trinajstić information content (AvgIpc) is 2.28. The fourth-order valence-corrected chi connectivity index (χ4v) is 2.65. The summed E-state index contributed by atoms with van der Waals surface area (Å²) in [7, 11) is 0. The van der Waals surface area contributed by atoms with E-state index in [0.717, 1.165) is 18.4 Å². The highest BCUT2D eigenvalue weighted by atomic mass is 16.5. The van der Waals surface area contributed by atoms with Gasteiger partial charge in [0, 0.05) is 25.6 Å². The topological polar surface area (TPSA) is 68.4 Å². The average molecular weight is 250 g/mol. The molecule has 3 N–H and O–H groups in total. The van der Waals surface area contributed by atoms with Crippen LogP contribution in [0.1, 0.15) is 38.2 Å². The zero-order valence-corrected chi connectivity index (χ0v) is 10.9. The highest BCUT2D eigenvalue weighted by Crippen LogP contribution is 2.30. The number of ether oxygens (including phenoxy) is 1. The van der Waals surface area contributed by atoms with E-state index in [1.54, 1.807) is 6.20 Å². The van der Waals surface area contributed by atoms with Crippen LogP contribution >= 0.6 is 0 Å². The van der Waals surface area contributed by atoms with E-state index in [-0.39, 0.29) is 6.10 Å². The van der Waals surface area contributed by atoms with Crippen LogP contribution in [0, 0.1) is 0 Å². The standard InChI is InChI=1S/C14H22N2O2/c1-2-3-12-10-14(17,5-7-18-12)9-11-4-6-16-13(15)8-11/h4,6,8,12,17H,2-3,5,7,9-10H2,1H3,(H2,15,16). The van der Waals surface area contributed by atoms with Crippen molar-refractivity contribution in [3.05, 3.63) is 23.9 Å². The van der Waals surface area contributed by atoms with E-state index >= 15 is 0 Å². The number of nitrogen functional groups attached to an aromatic ring is 1. The molecular formula is C14H22N2O2. The molecule has 1 aliphatic rings. The lowest BCUT2D eigenvalue weighted by molar-refractivity contribution is -0.104. The molecule has 4 nitrogen and oxygen atoms in total. The lowest BCUT2D eigenvalue weighted by Crippen LogP contribution is -2.42. The number of nitrogens with two attached hydrogens (primary N) is 1. The van der Waals surface area contributed by atoms with E-state index in [0.29, 0.717) is 31.7 Å². The Morgan fingerprint density at radius 1 is 1.61 bits per heavy atom. The molecule has 4 heteroatoms. The van der Waals surface area contributed by atoms with Crippen molar-refractivity contribution in [2.75, 3.05) is 12.3 Å². The van der Waals surface area contributed by atoms with Crippen LogP contribution in [0.15, 0.2) is 18.3 Å². The first-order valence-electron chi connectivity index (χ1n) is 6.66. The molecule has 0 saturated carbocycles. The molecular weight excluding hydrogens is 228 g/mol. The Bertz CT molecular complexity index is 395. The first-order chi connectivity index (χ1) is 8.61. The normalized spacial score (nSPS) is 28.2. The summed E-state index contributed by atoms with van der Waals surface area (Å²) in [6.45, 7) is 2.78. The Morgan fingerprint density at radius 3 is 3.17 bits per heavy atom. The van der Waals surface area contributed by atoms with Crippen molar-refractivity contribution in [3.63, 3.8) is 0 Å². The van der Waals surface area contributed by atoms with Crippen LogP contribution in [0.4, 0.5) is 5.82 Å². The number of anilines is 1. The van der Waals surface area contributed by atoms with Gasteiger partial charge in [0.25, 0.3) is 0 Å². The minimum atomic E-state index is -0.661. The third-order valence-electron chi connectivity index (χ3n) is 3.52. The molecule has 1 aliphatic heterocycles. The maximum atomic E-state index is 10.7. The molecule has 0 radical (unpaired) electrons. The van der Waals surface area contributed by atoms with Gasteiger partial charge in [-0.05, 0) is 30.5 Å². The third-order valence-corrected chi connectivity index (χ3v) is 3.52. The predicted molar refractivity (Wildman–Crippen MR) is 71.2 cm³/mol. The van der Waals surface area contributed by atoms with Crippen LogP contribution in [-0.4, -0.2) is 28.4 Å². The highest BCUT2D eigenvalue weighted by Gasteiger charge is 2.34. The van der Waals surface area contributed by atoms with Crippen molar-refractivity contribution >= 4 is 5.82 Å². The summed E-state index contributed by atoms with van der Waals surface area (Å²) in [6, 6.07) is 3.75. The summed E-state index contributed by atoms with van der Waals surface area (Å²) in [6.07, 6.45) is 6.01. The van der Waals surface area contributed by atoms with Crippen molar-refractivity contribution in [2.24, 2.45) is 0 Å². The van der Waals surface area contributed by atoms with Gasteiger partial charge in [-0.25, -0.2) is 4.98 Å². The molecule has 2 unspecified atom stereocenters. The van der Waals surface area contributed by atoms with Gasteiger partial charge in [-0.1, -0.05) is 13.3 Å². The van der Waals surface area contributed by atoms with Crippen molar-refractivity contribution < 1.29 is 9.84 Å². The van der Waals surface area contributed by atoms with Gasteiger partial charge < -0.3 is 15.6 Å². The largest absolute Gasteiger partial charge is 0.389 e. The number of hydrogen-bond donors (Lipinski definition) is 2. The van der Waals surface area contributed by atoms with E-state index in [2.05, 4.69) is 11.9 Å². The monoisotopic (exact) mass is 250 g/mol. The maximum Gasteiger partial charge on any atom is 0.123 e. The van der Waals surface area contributed by atoms with E-state index in [1.165, 1.54) is 0 Å². The zero-order chi connectivity index (χ0) is 13.0. The summed E-state index contributed by atoms with van der Waals surface area (Å²) in [5.41, 5.74) is 6.05. The second-order valence-corrected chi connectivity index (χ2v) is 5.23. The molecule has 0 bridgehead atoms. The second kappa shape index (κ2) is 5.67. The van der Waals surface area contributed by atoms with E-state index in [4.69, 9.17) is 10.5 Å². The minimum Gasteiger partial charge on any atom is -0.389 e. The van der Waals surface area contributed by atoms with Gasteiger partial charge in [0.2, 0.25) is 0 Å². The van der Waals surface area contributed by atoms with E-state index in [1.807, 2.05) is 12.1 Å². The number of hydrogen-bond acceptors (Lipinski definition) is 4. The molecule has 0 aliphatic carbocycles. The first kappa shape index (κ1) is 13.3. The molecule has 0 aromatic carbocycles. The smallest absolute Gasteiger partial charge is 0.123 e. The van der Waals surface area contributed by atoms with Crippen LogP contribution in [-0.2, 0) is 11.2 Å². The molecule has 0 amide bonds. The molecule has 1 aromatic heterocycles. The summed E-state index contributed by atoms with van der Waals surface area (Å²) < 4.78 is 5.68. The Hall–Kier alpha value is -1.13. The van der Waals surface area contributed by atoms with Crippen molar-refractivity contribution in [3.8, 4) is 0 Å². The molecule has 1 saturated heterocycles. The highest BCUT2D eigenvalue weighted by molar-refractivity contribution is 5.32. The number of aliphatic hydroxyl groups is 1. The Kier molecular flexibility index (Phi) is 4.19. The lowest BCUT2D eigenvalue weighted by Gasteiger charge is -2.37. The molecule has 2 rings (SSSR count). The Balaban J connectivity index is 2.02. The maximum absolute atomic E-state index is 10.7. The zero-order valence-electron chi connectivity index (χ0n) is 10.9. The molecule has 1 aromatic rings. The van der Waals surface area contributed by atoms with Gasteiger partial charge in [0.05, 0.1) is 11.7 Å². The molecule has 0 spiro atoms. The number of rotatable bonds is 4. The Morgan fingerprint density at radius 2 is 2.44 bits per heavy atom. The molecule has 100 valence electrons. The number of pyridine rings is 1. The van der Waals surface area contributed by atoms with E-state index < -0.39 is 5.60 Å². The molecule has 1 fully saturated rings. The first-order valence-corrected chi connectivity index (χ1v) is 6.66. The van der Waals surface area contributed by atoms with Gasteiger partial charge in [-0.3, -0.25) is 0 Å². The van der Waals surface area contributed by atoms with Crippen molar-refractivity contribution in [1.29, 1.82) is 0 Å². The summed E-state index contributed by atoms with van der Waals surface area (Å²) in [5, 5.41) is 10.7. The fraction of sp³-hybridized carbons (Fsp3) is 0.643. The van der Waals surface area contributed by atoms with Crippen LogP contribution < -0.4 is 5.73 Å². The van der Waals surface area contributed by atoms with Crippen molar-refractivity contribution in [1.82, 2.24) is 4.98 Å². The number of nitrogens with zero attached hydrogens (tertiary/aromatic N) is 1. The van der Waals surface area contributed by atoms with E-state index in [9.17, 15) is 5.11 Å². The van der Waals surface area contributed by atoms with Gasteiger partial charge in [-0.15, -0.1) is 0 Å². The summed E-state index contributed by atoms with van der Waals surface area (Å²) in [4.78, 5) is 3.97. The van der Waals surface area contributed by atoms with Crippen LogP contribution in [0.25, 0.3) is 0 Å². The summed E-state index contributed by atoms with van der Waals surface area (Å²) in [5.74, 6) is 0.508. The Labute approximate surface area is 108 Å².